The number of aromatic nitrogens is 2. The van der Waals surface area contributed by atoms with E-state index in [1.807, 2.05) is 5.10 Å². The Balaban J connectivity index is 2.43. The maximum absolute atomic E-state index is 12.1. The number of carbonyl (C=O) groups is 1. The van der Waals surface area contributed by atoms with Crippen LogP contribution in [0.1, 0.15) is 16.1 Å². The fraction of sp³-hybridized carbons (Fsp3) is 0.0909. The van der Waals surface area contributed by atoms with Crippen LogP contribution in [0, 0.1) is 37.3 Å². The van der Waals surface area contributed by atoms with Crippen LogP contribution in [-0.4, -0.2) is 30.9 Å². The van der Waals surface area contributed by atoms with E-state index in [0.717, 1.165) is 12.1 Å². The largest absolute Gasteiger partial charge is 0.358 e. The minimum Gasteiger partial charge on any atom is -0.358 e. The van der Waals surface area contributed by atoms with Crippen LogP contribution in [0.2, 0.25) is 0 Å². The summed E-state index contributed by atoms with van der Waals surface area (Å²) in [5.41, 5.74) is -1.91. The predicted molar refractivity (Wildman–Crippen MR) is 85.4 cm³/mol. The van der Waals surface area contributed by atoms with Crippen molar-refractivity contribution in [3.05, 3.63) is 58.2 Å². The zero-order valence-electron chi connectivity index (χ0n) is 12.2. The Morgan fingerprint density at radius 1 is 1.12 bits per heavy atom. The molecule has 0 aliphatic rings. The van der Waals surface area contributed by atoms with Crippen LogP contribution in [-0.2, 0) is 0 Å². The van der Waals surface area contributed by atoms with Crippen LogP contribution >= 0.6 is 15.9 Å². The van der Waals surface area contributed by atoms with Gasteiger partial charge in [-0.15, -0.1) is 5.10 Å². The van der Waals surface area contributed by atoms with E-state index in [0.29, 0.717) is 0 Å². The molecule has 25 heavy (non-hydrogen) atoms. The molecule has 2 rings (SSSR count). The highest BCUT2D eigenvalue weighted by Gasteiger charge is 2.27. The number of H-pyrrole nitrogens is 1. The molecule has 1 amide bonds. The molecule has 1 aromatic heterocycles. The van der Waals surface area contributed by atoms with Gasteiger partial charge in [-0.3, -0.25) is 25.0 Å². The van der Waals surface area contributed by atoms with Gasteiger partial charge in [-0.2, -0.15) is 0 Å². The van der Waals surface area contributed by atoms with Gasteiger partial charge in [0.25, 0.3) is 17.3 Å². The third-order valence-corrected chi connectivity index (χ3v) is 3.84. The third kappa shape index (κ3) is 3.42. The quantitative estimate of drug-likeness (QED) is 0.550. The Morgan fingerprint density at radius 3 is 2.04 bits per heavy atom. The smallest absolute Gasteiger partial charge is 0.357 e. The molecule has 14 heteroatoms. The molecule has 2 aromatic rings. The highest BCUT2D eigenvalue weighted by molar-refractivity contribution is 9.10. The topological polar surface area (TPSA) is 187 Å². The van der Waals surface area contributed by atoms with Crippen LogP contribution in [0.5, 0.6) is 0 Å². The molecular weight excluding hydrogens is 408 g/mol. The van der Waals surface area contributed by atoms with Gasteiger partial charge in [0.05, 0.1) is 15.5 Å². The second kappa shape index (κ2) is 6.60. The standard InChI is InChI=1S/C11H7BrN6O7/c1-4-6(16(20)21)2-5(3-7(4)17(22)23)13-11(19)9-8(12)10(15-14-9)18(24)25/h2-3H,1H3,(H,13,19)(H,14,15). The summed E-state index contributed by atoms with van der Waals surface area (Å²) >= 11 is 2.84. The number of nitrogens with zero attached hydrogens (tertiary/aromatic N) is 4. The van der Waals surface area contributed by atoms with Crippen molar-refractivity contribution < 1.29 is 19.6 Å². The van der Waals surface area contributed by atoms with E-state index in [1.54, 1.807) is 0 Å². The van der Waals surface area contributed by atoms with E-state index < -0.39 is 43.6 Å². The van der Waals surface area contributed by atoms with Gasteiger partial charge in [0.2, 0.25) is 0 Å². The summed E-state index contributed by atoms with van der Waals surface area (Å²) in [7, 11) is 0. The lowest BCUT2D eigenvalue weighted by molar-refractivity contribution is -0.395. The minimum absolute atomic E-state index is 0.176. The first-order chi connectivity index (χ1) is 11.6. The van der Waals surface area contributed by atoms with Crippen molar-refractivity contribution in [3.8, 4) is 0 Å². The van der Waals surface area contributed by atoms with Gasteiger partial charge >= 0.3 is 5.82 Å². The second-order valence-electron chi connectivity index (χ2n) is 4.60. The number of halogens is 1. The van der Waals surface area contributed by atoms with Crippen LogP contribution < -0.4 is 5.32 Å². The monoisotopic (exact) mass is 414 g/mol. The minimum atomic E-state index is -0.955. The summed E-state index contributed by atoms with van der Waals surface area (Å²) in [6.07, 6.45) is 0. The number of carbonyl (C=O) groups excluding carboxylic acids is 1. The number of amides is 1. The van der Waals surface area contributed by atoms with Crippen LogP contribution in [0.25, 0.3) is 0 Å². The number of benzene rings is 1. The summed E-state index contributed by atoms with van der Waals surface area (Å²) in [6.45, 7) is 1.20. The zero-order valence-corrected chi connectivity index (χ0v) is 13.8. The number of hydrogen-bond acceptors (Lipinski definition) is 8. The van der Waals surface area contributed by atoms with Crippen LogP contribution in [0.15, 0.2) is 16.6 Å². The highest BCUT2D eigenvalue weighted by atomic mass is 79.9. The fourth-order valence-electron chi connectivity index (χ4n) is 1.92. The summed E-state index contributed by atoms with van der Waals surface area (Å²) in [4.78, 5) is 42.4. The van der Waals surface area contributed by atoms with Crippen molar-refractivity contribution >= 4 is 44.7 Å². The maximum Gasteiger partial charge on any atom is 0.357 e. The van der Waals surface area contributed by atoms with E-state index in [4.69, 9.17) is 0 Å². The molecule has 1 heterocycles. The molecule has 130 valence electrons. The Labute approximate surface area is 145 Å². The van der Waals surface area contributed by atoms with Crippen molar-refractivity contribution in [1.29, 1.82) is 0 Å². The van der Waals surface area contributed by atoms with E-state index in [-0.39, 0.29) is 15.7 Å². The van der Waals surface area contributed by atoms with Crippen LogP contribution in [0.3, 0.4) is 0 Å². The molecule has 0 atom stereocenters. The van der Waals surface area contributed by atoms with Gasteiger partial charge in [0.15, 0.2) is 5.69 Å². The lowest BCUT2D eigenvalue weighted by atomic mass is 10.1. The van der Waals surface area contributed by atoms with E-state index in [9.17, 15) is 35.1 Å². The molecule has 1 aromatic carbocycles. The first kappa shape index (κ1) is 17.9. The van der Waals surface area contributed by atoms with Crippen molar-refractivity contribution in [1.82, 2.24) is 10.2 Å². The summed E-state index contributed by atoms with van der Waals surface area (Å²) in [5, 5.41) is 40.4. The van der Waals surface area contributed by atoms with Gasteiger partial charge in [-0.25, -0.2) is 0 Å². The van der Waals surface area contributed by atoms with Gasteiger partial charge in [0.1, 0.15) is 10.0 Å². The fourth-order valence-corrected chi connectivity index (χ4v) is 2.42. The van der Waals surface area contributed by atoms with Gasteiger partial charge in [0, 0.05) is 12.1 Å². The van der Waals surface area contributed by atoms with Crippen molar-refractivity contribution in [3.63, 3.8) is 0 Å². The maximum atomic E-state index is 12.1. The molecular formula is C11H7BrN6O7. The molecule has 0 fully saturated rings. The SMILES string of the molecule is Cc1c([N+](=O)[O-])cc(NC(=O)c2n[nH]c([N+](=O)[O-])c2Br)cc1[N+](=O)[O-]. The normalized spacial score (nSPS) is 10.3. The average molecular weight is 415 g/mol. The average Bonchev–Trinajstić information content (AvgIpc) is 2.90. The summed E-state index contributed by atoms with van der Waals surface area (Å²) < 4.78 is -0.230. The molecule has 0 unspecified atom stereocenters. The number of hydrogen-bond donors (Lipinski definition) is 2. The molecule has 0 spiro atoms. The van der Waals surface area contributed by atoms with Gasteiger partial charge < -0.3 is 15.4 Å². The van der Waals surface area contributed by atoms with Crippen molar-refractivity contribution in [2.24, 2.45) is 0 Å². The van der Waals surface area contributed by atoms with Crippen LogP contribution in [0.4, 0.5) is 22.9 Å². The summed E-state index contributed by atoms with van der Waals surface area (Å²) in [6, 6.07) is 1.88. The molecule has 0 saturated heterocycles. The lowest BCUT2D eigenvalue weighted by Crippen LogP contribution is -2.14. The number of nitro benzene ring substituents is 2. The molecule has 0 saturated carbocycles. The van der Waals surface area contributed by atoms with Gasteiger partial charge in [-0.05, 0) is 27.8 Å². The molecule has 0 aliphatic heterocycles. The number of nitrogens with one attached hydrogen (secondary N) is 2. The molecule has 0 bridgehead atoms. The molecule has 0 aliphatic carbocycles. The first-order valence-corrected chi connectivity index (χ1v) is 7.05. The Bertz CT molecular complexity index is 889. The number of rotatable bonds is 5. The molecule has 2 N–H and O–H groups in total. The van der Waals surface area contributed by atoms with E-state index >= 15 is 0 Å². The third-order valence-electron chi connectivity index (χ3n) is 3.09. The highest BCUT2D eigenvalue weighted by Crippen LogP contribution is 2.32. The molecule has 0 radical (unpaired) electrons. The Morgan fingerprint density at radius 2 is 1.64 bits per heavy atom. The van der Waals surface area contributed by atoms with E-state index in [2.05, 4.69) is 26.3 Å². The Kier molecular flexibility index (Phi) is 4.73. The van der Waals surface area contributed by atoms with Crippen molar-refractivity contribution in [2.75, 3.05) is 5.32 Å². The predicted octanol–water partition coefficient (Wildman–Crippen LogP) is 2.46. The number of aromatic amines is 1. The lowest BCUT2D eigenvalue weighted by Gasteiger charge is -2.05. The van der Waals surface area contributed by atoms with E-state index in [1.165, 1.54) is 6.92 Å². The molecule has 13 nitrogen and oxygen atoms in total. The first-order valence-electron chi connectivity index (χ1n) is 6.26. The van der Waals surface area contributed by atoms with Crippen molar-refractivity contribution in [2.45, 2.75) is 6.92 Å². The number of anilines is 1. The second-order valence-corrected chi connectivity index (χ2v) is 5.39. The summed E-state index contributed by atoms with van der Waals surface area (Å²) in [5.74, 6) is -1.52. The van der Waals surface area contributed by atoms with Gasteiger partial charge in [-0.1, -0.05) is 5.10 Å². The number of nitro groups is 3. The zero-order chi connectivity index (χ0) is 18.9. The Hall–Kier alpha value is -3.42.